The summed E-state index contributed by atoms with van der Waals surface area (Å²) in [6.07, 6.45) is 3.82. The maximum Gasteiger partial charge on any atom is 0.145 e. The van der Waals surface area contributed by atoms with Gasteiger partial charge in [0.05, 0.1) is 26.9 Å². The summed E-state index contributed by atoms with van der Waals surface area (Å²) >= 11 is 1.82. The van der Waals surface area contributed by atoms with Crippen LogP contribution in [0, 0.1) is 0 Å². The lowest BCUT2D eigenvalue weighted by molar-refractivity contribution is 1.13. The summed E-state index contributed by atoms with van der Waals surface area (Å²) in [6, 6.07) is 56.7. The first-order valence-electron chi connectivity index (χ1n) is 17.2. The molecule has 11 aromatic rings. The third-order valence-electron chi connectivity index (χ3n) is 10.2. The van der Waals surface area contributed by atoms with E-state index in [4.69, 9.17) is 9.97 Å². The molecule has 238 valence electrons. The molecule has 0 atom stereocenters. The predicted molar refractivity (Wildman–Crippen MR) is 214 cm³/mol. The van der Waals surface area contributed by atoms with Crippen LogP contribution in [0.1, 0.15) is 0 Å². The highest BCUT2D eigenvalue weighted by Crippen LogP contribution is 2.40. The van der Waals surface area contributed by atoms with Crippen molar-refractivity contribution in [3.8, 4) is 33.8 Å². The molecule has 5 heterocycles. The highest BCUT2D eigenvalue weighted by atomic mass is 32.1. The van der Waals surface area contributed by atoms with E-state index in [2.05, 4.69) is 161 Å². The Labute approximate surface area is 297 Å². The number of pyridine rings is 2. The van der Waals surface area contributed by atoms with Crippen LogP contribution in [0.5, 0.6) is 0 Å². The van der Waals surface area contributed by atoms with Gasteiger partial charge in [0.15, 0.2) is 0 Å². The third-order valence-corrected chi connectivity index (χ3v) is 11.4. The highest BCUT2D eigenvalue weighted by Gasteiger charge is 2.18. The van der Waals surface area contributed by atoms with Crippen molar-refractivity contribution < 1.29 is 0 Å². The van der Waals surface area contributed by atoms with Crippen LogP contribution in [0.25, 0.3) is 97.7 Å². The Balaban J connectivity index is 1.06. The van der Waals surface area contributed by atoms with Gasteiger partial charge in [0.25, 0.3) is 0 Å². The van der Waals surface area contributed by atoms with Crippen LogP contribution in [0.3, 0.4) is 0 Å². The molecule has 0 aliphatic rings. The van der Waals surface area contributed by atoms with Crippen molar-refractivity contribution in [2.45, 2.75) is 0 Å². The minimum atomic E-state index is 0.968. The van der Waals surface area contributed by atoms with Gasteiger partial charge in [0, 0.05) is 66.3 Å². The first-order valence-corrected chi connectivity index (χ1v) is 18.0. The zero-order valence-corrected chi connectivity index (χ0v) is 28.2. The van der Waals surface area contributed by atoms with E-state index in [-0.39, 0.29) is 0 Å². The van der Waals surface area contributed by atoms with Crippen LogP contribution >= 0.6 is 11.3 Å². The van der Waals surface area contributed by atoms with E-state index in [0.717, 1.165) is 50.3 Å². The second-order valence-corrected chi connectivity index (χ2v) is 14.1. The molecule has 0 N–H and O–H groups in total. The summed E-state index contributed by atoms with van der Waals surface area (Å²) in [5.74, 6) is 0. The Bertz CT molecular complexity index is 3110. The average Bonchev–Trinajstić information content (AvgIpc) is 3.86. The van der Waals surface area contributed by atoms with Gasteiger partial charge in [0.1, 0.15) is 5.65 Å². The Morgan fingerprint density at radius 3 is 1.94 bits per heavy atom. The summed E-state index contributed by atoms with van der Waals surface area (Å²) in [4.78, 5) is 9.73. The number of hydrogen-bond acceptors (Lipinski definition) is 3. The monoisotopic (exact) mass is 668 g/mol. The smallest absolute Gasteiger partial charge is 0.145 e. The fourth-order valence-electron chi connectivity index (χ4n) is 7.96. The lowest BCUT2D eigenvalue weighted by Crippen LogP contribution is -1.97. The van der Waals surface area contributed by atoms with Gasteiger partial charge in [-0.25, -0.2) is 4.98 Å². The largest absolute Gasteiger partial charge is 0.309 e. The molecule has 6 aromatic carbocycles. The number of hydrogen-bond donors (Lipinski definition) is 0. The van der Waals surface area contributed by atoms with Crippen LogP contribution < -0.4 is 0 Å². The Hall–Kier alpha value is -6.56. The fraction of sp³-hybridized carbons (Fsp3) is 0. The van der Waals surface area contributed by atoms with Gasteiger partial charge in [-0.2, -0.15) is 0 Å². The van der Waals surface area contributed by atoms with Crippen LogP contribution in [-0.2, 0) is 0 Å². The van der Waals surface area contributed by atoms with Gasteiger partial charge >= 0.3 is 0 Å². The van der Waals surface area contributed by atoms with Gasteiger partial charge in [-0.15, -0.1) is 11.3 Å². The van der Waals surface area contributed by atoms with E-state index in [9.17, 15) is 0 Å². The molecule has 0 amide bonds. The first kappa shape index (κ1) is 28.3. The number of rotatable bonds is 4. The lowest BCUT2D eigenvalue weighted by Gasteiger charge is -2.12. The number of aromatic nitrogens is 4. The third kappa shape index (κ3) is 4.25. The zero-order chi connectivity index (χ0) is 33.5. The molecule has 51 heavy (non-hydrogen) atoms. The normalized spacial score (nSPS) is 11.9. The van der Waals surface area contributed by atoms with Crippen molar-refractivity contribution in [2.75, 3.05) is 0 Å². The number of benzene rings is 6. The van der Waals surface area contributed by atoms with Crippen molar-refractivity contribution in [3.05, 3.63) is 170 Å². The molecule has 5 aromatic heterocycles. The van der Waals surface area contributed by atoms with Crippen LogP contribution in [0.15, 0.2) is 170 Å². The Kier molecular flexibility index (Phi) is 6.09. The van der Waals surface area contributed by atoms with Crippen molar-refractivity contribution >= 4 is 75.3 Å². The van der Waals surface area contributed by atoms with Gasteiger partial charge in [0.2, 0.25) is 0 Å². The van der Waals surface area contributed by atoms with E-state index in [1.807, 2.05) is 29.8 Å². The molecule has 0 spiro atoms. The van der Waals surface area contributed by atoms with E-state index < -0.39 is 0 Å². The summed E-state index contributed by atoms with van der Waals surface area (Å²) < 4.78 is 7.20. The number of fused-ring (bicyclic) bond motifs is 9. The van der Waals surface area contributed by atoms with Crippen molar-refractivity contribution in [1.29, 1.82) is 0 Å². The molecule has 0 aliphatic carbocycles. The van der Waals surface area contributed by atoms with Crippen LogP contribution in [-0.4, -0.2) is 19.1 Å². The molecule has 0 aliphatic heterocycles. The quantitative estimate of drug-likeness (QED) is 0.187. The Morgan fingerprint density at radius 1 is 0.392 bits per heavy atom. The topological polar surface area (TPSA) is 35.6 Å². The number of para-hydroxylation sites is 2. The molecular weight excluding hydrogens is 641 g/mol. The molecule has 0 bridgehead atoms. The summed E-state index contributed by atoms with van der Waals surface area (Å²) in [6.45, 7) is 0. The highest BCUT2D eigenvalue weighted by molar-refractivity contribution is 7.26. The minimum Gasteiger partial charge on any atom is -0.309 e. The second-order valence-electron chi connectivity index (χ2n) is 13.0. The second kappa shape index (κ2) is 11.0. The van der Waals surface area contributed by atoms with Crippen LogP contribution in [0.2, 0.25) is 0 Å². The molecule has 0 fully saturated rings. The average molecular weight is 669 g/mol. The van der Waals surface area contributed by atoms with Crippen molar-refractivity contribution in [3.63, 3.8) is 0 Å². The van der Waals surface area contributed by atoms with Gasteiger partial charge in [-0.3, -0.25) is 9.55 Å². The molecular formula is C46H28N4S. The lowest BCUT2D eigenvalue weighted by atomic mass is 10.0. The molecule has 0 radical (unpaired) electrons. The number of nitrogens with zero attached hydrogens (tertiary/aromatic N) is 4. The predicted octanol–water partition coefficient (Wildman–Crippen LogP) is 12.4. The van der Waals surface area contributed by atoms with Crippen molar-refractivity contribution in [1.82, 2.24) is 19.1 Å². The van der Waals surface area contributed by atoms with E-state index in [0.29, 0.717) is 0 Å². The fourth-order valence-corrected chi connectivity index (χ4v) is 9.17. The minimum absolute atomic E-state index is 0.968. The number of thiophene rings is 1. The van der Waals surface area contributed by atoms with E-state index in [1.165, 1.54) is 47.4 Å². The Morgan fingerprint density at radius 2 is 1.06 bits per heavy atom. The SMILES string of the molecule is c1cc(-c2cccc(-n3c4ccccc4c4cc(-n5c6ccccc6c6cccnc65)ccc43)c2)cc(-c2nccc3c2sc2ccccc23)c1. The molecule has 0 unspecified atom stereocenters. The summed E-state index contributed by atoms with van der Waals surface area (Å²) in [5, 5.41) is 7.35. The maximum absolute atomic E-state index is 4.89. The zero-order valence-electron chi connectivity index (χ0n) is 27.4. The van der Waals surface area contributed by atoms with Crippen LogP contribution in [0.4, 0.5) is 0 Å². The van der Waals surface area contributed by atoms with E-state index >= 15 is 0 Å². The molecule has 11 rings (SSSR count). The summed E-state index contributed by atoms with van der Waals surface area (Å²) in [7, 11) is 0. The molecule has 4 nitrogen and oxygen atoms in total. The maximum atomic E-state index is 4.89. The van der Waals surface area contributed by atoms with Crippen molar-refractivity contribution in [2.24, 2.45) is 0 Å². The molecule has 0 saturated heterocycles. The van der Waals surface area contributed by atoms with E-state index in [1.54, 1.807) is 0 Å². The van der Waals surface area contributed by atoms with Gasteiger partial charge in [-0.1, -0.05) is 84.9 Å². The molecule has 5 heteroatoms. The first-order chi connectivity index (χ1) is 25.3. The summed E-state index contributed by atoms with van der Waals surface area (Å²) in [5.41, 5.74) is 11.2. The van der Waals surface area contributed by atoms with Gasteiger partial charge < -0.3 is 4.57 Å². The molecule has 0 saturated carbocycles. The van der Waals surface area contributed by atoms with Gasteiger partial charge in [-0.05, 0) is 83.9 Å². The standard InChI is InChI=1S/C46H28N4S/c1-5-19-41-34(14-1)38-17-9-24-48-46(38)50(41)33-21-22-42-39(28-33)35-15-2-4-18-40(35)49(42)32-13-8-11-30(27-32)29-10-7-12-31(26-29)44-45-37(23-25-47-44)36-16-3-6-20-43(36)51-45/h1-28H.